The Morgan fingerprint density at radius 2 is 1.55 bits per heavy atom. The summed E-state index contributed by atoms with van der Waals surface area (Å²) in [5, 5.41) is 27.4. The number of carboxylic acid groups (broad SMARTS) is 1. The summed E-state index contributed by atoms with van der Waals surface area (Å²) in [6.45, 7) is 1.31. The summed E-state index contributed by atoms with van der Waals surface area (Å²) in [6.07, 6.45) is 4.89. The number of hydrogen-bond donors (Lipinski definition) is 8. The van der Waals surface area contributed by atoms with E-state index in [0.29, 0.717) is 5.69 Å². The highest BCUT2D eigenvalue weighted by Crippen LogP contribution is 2.19. The molecule has 0 radical (unpaired) electrons. The van der Waals surface area contributed by atoms with Gasteiger partial charge in [-0.2, -0.15) is 0 Å². The van der Waals surface area contributed by atoms with Crippen LogP contribution in [0.15, 0.2) is 67.3 Å². The Labute approximate surface area is 240 Å². The number of aromatic hydroxyl groups is 1. The summed E-state index contributed by atoms with van der Waals surface area (Å²) in [5.74, 6) is -3.11. The van der Waals surface area contributed by atoms with Crippen molar-refractivity contribution < 1.29 is 29.4 Å². The van der Waals surface area contributed by atoms with Crippen LogP contribution in [0.5, 0.6) is 5.75 Å². The van der Waals surface area contributed by atoms with E-state index < -0.39 is 47.9 Å². The predicted octanol–water partition coefficient (Wildman–Crippen LogP) is 0.511. The molecule has 13 heteroatoms. The Bertz CT molecular complexity index is 1530. The maximum atomic E-state index is 13.7. The largest absolute Gasteiger partial charge is 0.508 e. The van der Waals surface area contributed by atoms with E-state index in [1.807, 2.05) is 24.3 Å². The van der Waals surface area contributed by atoms with Crippen molar-refractivity contribution in [1.82, 2.24) is 30.9 Å². The molecule has 2 aromatic carbocycles. The van der Waals surface area contributed by atoms with E-state index in [4.69, 9.17) is 5.73 Å². The predicted molar refractivity (Wildman–Crippen MR) is 153 cm³/mol. The second-order valence-electron chi connectivity index (χ2n) is 10.0. The van der Waals surface area contributed by atoms with E-state index >= 15 is 0 Å². The lowest BCUT2D eigenvalue weighted by Crippen LogP contribution is -2.58. The molecule has 0 saturated carbocycles. The molecule has 0 bridgehead atoms. The molecule has 0 spiro atoms. The third kappa shape index (κ3) is 7.73. The number of aromatic nitrogens is 3. The molecule has 0 aliphatic rings. The number of phenolic OH excluding ortho intramolecular Hbond substituents is 1. The Morgan fingerprint density at radius 3 is 2.24 bits per heavy atom. The van der Waals surface area contributed by atoms with Crippen molar-refractivity contribution in [2.45, 2.75) is 50.4 Å². The summed E-state index contributed by atoms with van der Waals surface area (Å²) >= 11 is 0. The van der Waals surface area contributed by atoms with Crippen LogP contribution in [0.3, 0.4) is 0 Å². The van der Waals surface area contributed by atoms with Gasteiger partial charge in [0.05, 0.1) is 12.4 Å². The number of phenols is 1. The van der Waals surface area contributed by atoms with Crippen molar-refractivity contribution in [2.24, 2.45) is 5.73 Å². The highest BCUT2D eigenvalue weighted by Gasteiger charge is 2.30. The van der Waals surface area contributed by atoms with E-state index in [9.17, 15) is 29.4 Å². The highest BCUT2D eigenvalue weighted by atomic mass is 16.4. The van der Waals surface area contributed by atoms with Crippen LogP contribution in [0.4, 0.5) is 0 Å². The van der Waals surface area contributed by atoms with E-state index in [-0.39, 0.29) is 25.0 Å². The van der Waals surface area contributed by atoms with E-state index in [1.165, 1.54) is 31.6 Å². The number of carbonyl (C=O) groups excluding carboxylic acids is 3. The third-order valence-electron chi connectivity index (χ3n) is 6.80. The van der Waals surface area contributed by atoms with E-state index in [0.717, 1.165) is 22.0 Å². The van der Waals surface area contributed by atoms with Crippen LogP contribution in [-0.4, -0.2) is 73.0 Å². The first-order chi connectivity index (χ1) is 20.1. The minimum atomic E-state index is -1.23. The number of nitrogens with zero attached hydrogens (tertiary/aromatic N) is 1. The van der Waals surface area contributed by atoms with Crippen LogP contribution >= 0.6 is 0 Å². The maximum Gasteiger partial charge on any atom is 0.325 e. The number of benzene rings is 2. The van der Waals surface area contributed by atoms with Crippen LogP contribution in [0.1, 0.15) is 23.7 Å². The van der Waals surface area contributed by atoms with Crippen molar-refractivity contribution in [1.29, 1.82) is 0 Å². The number of nitrogens with two attached hydrogens (primary N) is 1. The number of carbonyl (C=O) groups is 4. The zero-order valence-electron chi connectivity index (χ0n) is 22.8. The second-order valence-corrected chi connectivity index (χ2v) is 10.0. The summed E-state index contributed by atoms with van der Waals surface area (Å²) < 4.78 is 0. The molecule has 4 rings (SSSR count). The van der Waals surface area contributed by atoms with Crippen LogP contribution in [0.2, 0.25) is 0 Å². The molecular formula is C29H33N7O6. The average molecular weight is 576 g/mol. The maximum absolute atomic E-state index is 13.7. The number of aliphatic carboxylic acids is 1. The van der Waals surface area contributed by atoms with Gasteiger partial charge in [-0.05, 0) is 42.7 Å². The molecule has 2 aromatic heterocycles. The van der Waals surface area contributed by atoms with Crippen LogP contribution in [0, 0.1) is 0 Å². The summed E-state index contributed by atoms with van der Waals surface area (Å²) in [5.41, 5.74) is 9.04. The average Bonchev–Trinajstić information content (AvgIpc) is 3.63. The summed E-state index contributed by atoms with van der Waals surface area (Å²) in [4.78, 5) is 61.2. The number of nitrogens with one attached hydrogen (secondary N) is 5. The molecule has 0 saturated heterocycles. The quantitative estimate of drug-likeness (QED) is 0.112. The fourth-order valence-electron chi connectivity index (χ4n) is 4.46. The lowest BCUT2D eigenvalue weighted by atomic mass is 10.0. The molecular weight excluding hydrogens is 542 g/mol. The van der Waals surface area contributed by atoms with Gasteiger partial charge in [-0.1, -0.05) is 30.3 Å². The standard InChI is InChI=1S/C29H33N7O6/c1-16(29(41)42)34-27(39)25(12-19-14-31-15-33-19)36-28(40)24(11-18-13-32-23-5-3-2-4-21(18)23)35-26(38)22(30)10-17-6-8-20(37)9-7-17/h2-9,13-16,22,24-25,32,37H,10-12,30H2,1H3,(H,31,33)(H,34,39)(H,35,38)(H,36,40)(H,41,42). The van der Waals surface area contributed by atoms with Gasteiger partial charge in [0.25, 0.3) is 0 Å². The normalized spacial score (nSPS) is 14.0. The van der Waals surface area contributed by atoms with Gasteiger partial charge < -0.3 is 41.9 Å². The molecule has 0 fully saturated rings. The van der Waals surface area contributed by atoms with Gasteiger partial charge in [0.2, 0.25) is 17.7 Å². The van der Waals surface area contributed by atoms with Gasteiger partial charge in [-0.25, -0.2) is 4.98 Å². The van der Waals surface area contributed by atoms with Crippen molar-refractivity contribution in [2.75, 3.05) is 0 Å². The van der Waals surface area contributed by atoms with E-state index in [2.05, 4.69) is 30.9 Å². The first-order valence-corrected chi connectivity index (χ1v) is 13.3. The topological polar surface area (TPSA) is 215 Å². The Morgan fingerprint density at radius 1 is 0.881 bits per heavy atom. The monoisotopic (exact) mass is 575 g/mol. The minimum absolute atomic E-state index is 0.00195. The van der Waals surface area contributed by atoms with E-state index in [1.54, 1.807) is 18.3 Å². The van der Waals surface area contributed by atoms with Gasteiger partial charge in [0.1, 0.15) is 23.9 Å². The number of amides is 3. The number of aromatic amines is 2. The fourth-order valence-corrected chi connectivity index (χ4v) is 4.46. The molecule has 2 heterocycles. The number of rotatable bonds is 13. The smallest absolute Gasteiger partial charge is 0.325 e. The van der Waals surface area contributed by atoms with Crippen LogP contribution in [-0.2, 0) is 38.4 Å². The number of H-pyrrole nitrogens is 2. The molecule has 9 N–H and O–H groups in total. The number of imidazole rings is 1. The molecule has 4 atom stereocenters. The van der Waals surface area contributed by atoms with Crippen molar-refractivity contribution in [3.63, 3.8) is 0 Å². The number of fused-ring (bicyclic) bond motifs is 1. The number of para-hydroxylation sites is 1. The molecule has 13 nitrogen and oxygen atoms in total. The molecule has 4 unspecified atom stereocenters. The summed E-state index contributed by atoms with van der Waals surface area (Å²) in [6, 6.07) is 9.27. The molecule has 220 valence electrons. The lowest BCUT2D eigenvalue weighted by molar-refractivity contribution is -0.141. The van der Waals surface area contributed by atoms with Crippen LogP contribution < -0.4 is 21.7 Å². The van der Waals surface area contributed by atoms with Crippen molar-refractivity contribution in [3.05, 3.63) is 84.1 Å². The van der Waals surface area contributed by atoms with Gasteiger partial charge in [0.15, 0.2) is 0 Å². The molecule has 0 aliphatic carbocycles. The highest BCUT2D eigenvalue weighted by molar-refractivity contribution is 5.95. The Kier molecular flexibility index (Phi) is 9.55. The first kappa shape index (κ1) is 29.8. The second kappa shape index (κ2) is 13.5. The Balaban J connectivity index is 1.56. The van der Waals surface area contributed by atoms with Crippen molar-refractivity contribution >= 4 is 34.6 Å². The number of carboxylic acids is 1. The molecule has 42 heavy (non-hydrogen) atoms. The molecule has 4 aromatic rings. The molecule has 3 amide bonds. The summed E-state index contributed by atoms with van der Waals surface area (Å²) in [7, 11) is 0. The van der Waals surface area contributed by atoms with Gasteiger partial charge in [-0.3, -0.25) is 19.2 Å². The minimum Gasteiger partial charge on any atom is -0.508 e. The SMILES string of the molecule is CC(NC(=O)C(Cc1cnc[nH]1)NC(=O)C(Cc1c[nH]c2ccccc12)NC(=O)C(N)Cc1ccc(O)cc1)C(=O)O. The van der Waals surface area contributed by atoms with Gasteiger partial charge in [0, 0.05) is 41.8 Å². The fraction of sp³-hybridized carbons (Fsp3) is 0.276. The van der Waals surface area contributed by atoms with Gasteiger partial charge in [-0.15, -0.1) is 0 Å². The van der Waals surface area contributed by atoms with Crippen molar-refractivity contribution in [3.8, 4) is 5.75 Å². The zero-order valence-corrected chi connectivity index (χ0v) is 22.8. The first-order valence-electron chi connectivity index (χ1n) is 13.3. The lowest BCUT2D eigenvalue weighted by Gasteiger charge is -2.24. The van der Waals surface area contributed by atoms with Crippen LogP contribution in [0.25, 0.3) is 10.9 Å². The van der Waals surface area contributed by atoms with Gasteiger partial charge >= 0.3 is 5.97 Å². The zero-order chi connectivity index (χ0) is 30.2. The Hall–Kier alpha value is -5.17. The number of hydrogen-bond acceptors (Lipinski definition) is 7. The molecule has 0 aliphatic heterocycles. The third-order valence-corrected chi connectivity index (χ3v) is 6.80.